The SMILES string of the molecule is CCCOC(=O)C(C=Nc1cc(Cl)cc(C(=O)OC(C)C)c1Cl)C(C)=O. The monoisotopic (exact) mass is 401 g/mol. The molecule has 1 aromatic rings. The van der Waals surface area contributed by atoms with Crippen molar-refractivity contribution in [3.05, 3.63) is 27.7 Å². The Labute approximate surface area is 162 Å². The van der Waals surface area contributed by atoms with Crippen LogP contribution in [0.3, 0.4) is 0 Å². The minimum atomic E-state index is -1.16. The summed E-state index contributed by atoms with van der Waals surface area (Å²) in [6, 6.07) is 2.78. The molecule has 0 N–H and O–H groups in total. The number of ketones is 1. The molecule has 0 aliphatic rings. The second kappa shape index (κ2) is 10.3. The molecule has 0 aromatic heterocycles. The van der Waals surface area contributed by atoms with E-state index in [1.165, 1.54) is 19.1 Å². The molecule has 0 radical (unpaired) electrons. The lowest BCUT2D eigenvalue weighted by atomic mass is 10.1. The number of halogens is 2. The van der Waals surface area contributed by atoms with E-state index in [1.54, 1.807) is 13.8 Å². The van der Waals surface area contributed by atoms with Crippen molar-refractivity contribution in [1.29, 1.82) is 0 Å². The van der Waals surface area contributed by atoms with Gasteiger partial charge in [0.1, 0.15) is 5.78 Å². The minimum absolute atomic E-state index is 0.0144. The first-order chi connectivity index (χ1) is 12.2. The standard InChI is InChI=1S/C18H21Cl2NO5/c1-5-6-25-17(23)14(11(4)22)9-21-15-8-12(19)7-13(16(15)20)18(24)26-10(2)3/h7-10,14H,5-6H2,1-4H3. The van der Waals surface area contributed by atoms with Crippen LogP contribution in [0, 0.1) is 5.92 Å². The van der Waals surface area contributed by atoms with Gasteiger partial charge < -0.3 is 9.47 Å². The average Bonchev–Trinajstić information content (AvgIpc) is 2.54. The third-order valence-corrected chi connectivity index (χ3v) is 3.70. The van der Waals surface area contributed by atoms with Gasteiger partial charge in [-0.1, -0.05) is 30.1 Å². The van der Waals surface area contributed by atoms with Gasteiger partial charge >= 0.3 is 11.9 Å². The molecule has 1 rings (SSSR count). The van der Waals surface area contributed by atoms with Gasteiger partial charge in [0.2, 0.25) is 0 Å². The highest BCUT2D eigenvalue weighted by Crippen LogP contribution is 2.33. The molecule has 0 aliphatic carbocycles. The number of benzene rings is 1. The Morgan fingerprint density at radius 1 is 1.23 bits per heavy atom. The second-order valence-corrected chi connectivity index (χ2v) is 6.59. The lowest BCUT2D eigenvalue weighted by molar-refractivity contribution is -0.148. The fraction of sp³-hybridized carbons (Fsp3) is 0.444. The maximum absolute atomic E-state index is 12.1. The largest absolute Gasteiger partial charge is 0.465 e. The molecule has 0 spiro atoms. The van der Waals surface area contributed by atoms with E-state index < -0.39 is 23.6 Å². The average molecular weight is 402 g/mol. The van der Waals surface area contributed by atoms with E-state index in [9.17, 15) is 14.4 Å². The Hall–Kier alpha value is -1.92. The molecule has 0 aliphatic heterocycles. The number of carbonyl (C=O) groups is 3. The molecule has 1 unspecified atom stereocenters. The van der Waals surface area contributed by atoms with E-state index in [1.807, 2.05) is 6.92 Å². The summed E-state index contributed by atoms with van der Waals surface area (Å²) in [5.74, 6) is -2.93. The van der Waals surface area contributed by atoms with Gasteiger partial charge in [0.05, 0.1) is 29.0 Å². The summed E-state index contributed by atoms with van der Waals surface area (Å²) < 4.78 is 10.1. The zero-order chi connectivity index (χ0) is 19.9. The molecule has 1 atom stereocenters. The van der Waals surface area contributed by atoms with Crippen molar-refractivity contribution in [2.24, 2.45) is 10.9 Å². The maximum atomic E-state index is 12.1. The quantitative estimate of drug-likeness (QED) is 0.365. The molecule has 0 bridgehead atoms. The summed E-state index contributed by atoms with van der Waals surface area (Å²) in [6.07, 6.45) is 1.43. The van der Waals surface area contributed by atoms with Crippen LogP contribution in [0.4, 0.5) is 5.69 Å². The van der Waals surface area contributed by atoms with Crippen molar-refractivity contribution < 1.29 is 23.9 Å². The highest BCUT2D eigenvalue weighted by molar-refractivity contribution is 6.38. The summed E-state index contributed by atoms with van der Waals surface area (Å²) in [5, 5.41) is 0.228. The topological polar surface area (TPSA) is 82.0 Å². The van der Waals surface area contributed by atoms with Gasteiger partial charge in [0, 0.05) is 11.2 Å². The van der Waals surface area contributed by atoms with Crippen LogP contribution in [-0.2, 0) is 19.1 Å². The van der Waals surface area contributed by atoms with Crippen molar-refractivity contribution in [3.8, 4) is 0 Å². The summed E-state index contributed by atoms with van der Waals surface area (Å²) in [7, 11) is 0. The van der Waals surface area contributed by atoms with Crippen molar-refractivity contribution in [1.82, 2.24) is 0 Å². The van der Waals surface area contributed by atoms with Gasteiger partial charge in [-0.3, -0.25) is 14.6 Å². The molecule has 0 heterocycles. The first-order valence-corrected chi connectivity index (χ1v) is 8.84. The van der Waals surface area contributed by atoms with Crippen molar-refractivity contribution in [3.63, 3.8) is 0 Å². The van der Waals surface area contributed by atoms with Crippen LogP contribution in [0.2, 0.25) is 10.0 Å². The minimum Gasteiger partial charge on any atom is -0.465 e. The number of esters is 2. The van der Waals surface area contributed by atoms with E-state index in [-0.39, 0.29) is 34.0 Å². The number of Topliss-reactive ketones (excluding diaryl/α,β-unsaturated/α-hetero) is 1. The van der Waals surface area contributed by atoms with Crippen molar-refractivity contribution in [2.45, 2.75) is 40.2 Å². The highest BCUT2D eigenvalue weighted by atomic mass is 35.5. The van der Waals surface area contributed by atoms with Crippen LogP contribution in [0.25, 0.3) is 0 Å². The van der Waals surface area contributed by atoms with E-state index in [0.717, 1.165) is 6.21 Å². The van der Waals surface area contributed by atoms with Crippen molar-refractivity contribution in [2.75, 3.05) is 6.61 Å². The van der Waals surface area contributed by atoms with Crippen LogP contribution in [-0.4, -0.2) is 36.6 Å². The van der Waals surface area contributed by atoms with Gasteiger partial charge in [0.25, 0.3) is 0 Å². The molecular weight excluding hydrogens is 381 g/mol. The number of rotatable bonds is 8. The van der Waals surface area contributed by atoms with Crippen LogP contribution in [0.1, 0.15) is 44.5 Å². The molecule has 142 valence electrons. The number of carbonyl (C=O) groups excluding carboxylic acids is 3. The molecule has 8 heteroatoms. The van der Waals surface area contributed by atoms with Crippen LogP contribution in [0.5, 0.6) is 0 Å². The van der Waals surface area contributed by atoms with Gasteiger partial charge in [0.15, 0.2) is 5.92 Å². The molecular formula is C18H21Cl2NO5. The van der Waals surface area contributed by atoms with E-state index in [2.05, 4.69) is 4.99 Å². The Morgan fingerprint density at radius 3 is 2.42 bits per heavy atom. The maximum Gasteiger partial charge on any atom is 0.340 e. The van der Waals surface area contributed by atoms with Gasteiger partial charge in [-0.25, -0.2) is 4.79 Å². The summed E-state index contributed by atoms with van der Waals surface area (Å²) in [6.45, 7) is 6.71. The molecule has 6 nitrogen and oxygen atoms in total. The Morgan fingerprint density at radius 2 is 1.88 bits per heavy atom. The van der Waals surface area contributed by atoms with Gasteiger partial charge in [-0.15, -0.1) is 0 Å². The molecule has 0 saturated heterocycles. The Bertz CT molecular complexity index is 716. The van der Waals surface area contributed by atoms with E-state index in [4.69, 9.17) is 32.7 Å². The predicted octanol–water partition coefficient (Wildman–Crippen LogP) is 4.42. The lowest BCUT2D eigenvalue weighted by Gasteiger charge is -2.11. The normalized spacial score (nSPS) is 12.3. The summed E-state index contributed by atoms with van der Waals surface area (Å²) in [5.41, 5.74) is 0.192. The second-order valence-electron chi connectivity index (χ2n) is 5.77. The highest BCUT2D eigenvalue weighted by Gasteiger charge is 2.23. The van der Waals surface area contributed by atoms with Crippen LogP contribution in [0.15, 0.2) is 17.1 Å². The third kappa shape index (κ3) is 6.42. The fourth-order valence-corrected chi connectivity index (χ4v) is 2.32. The summed E-state index contributed by atoms with van der Waals surface area (Å²) in [4.78, 5) is 39.8. The smallest absolute Gasteiger partial charge is 0.340 e. The number of aliphatic imine (C=N–C) groups is 1. The van der Waals surface area contributed by atoms with Crippen LogP contribution < -0.4 is 0 Å². The predicted molar refractivity (Wildman–Crippen MR) is 101 cm³/mol. The molecule has 0 fully saturated rings. The Balaban J connectivity index is 3.16. The molecule has 1 aromatic carbocycles. The van der Waals surface area contributed by atoms with E-state index in [0.29, 0.717) is 6.42 Å². The number of hydrogen-bond donors (Lipinski definition) is 0. The molecule has 0 saturated carbocycles. The van der Waals surface area contributed by atoms with Gasteiger partial charge in [-0.2, -0.15) is 0 Å². The first-order valence-electron chi connectivity index (χ1n) is 8.08. The number of ether oxygens (including phenoxy) is 2. The third-order valence-electron chi connectivity index (χ3n) is 3.08. The summed E-state index contributed by atoms with van der Waals surface area (Å²) >= 11 is 12.2. The zero-order valence-corrected chi connectivity index (χ0v) is 16.6. The van der Waals surface area contributed by atoms with Crippen molar-refractivity contribution >= 4 is 52.8 Å². The zero-order valence-electron chi connectivity index (χ0n) is 15.0. The lowest BCUT2D eigenvalue weighted by Crippen LogP contribution is -2.25. The van der Waals surface area contributed by atoms with E-state index >= 15 is 0 Å². The molecule has 26 heavy (non-hydrogen) atoms. The fourth-order valence-electron chi connectivity index (χ4n) is 1.87. The molecule has 0 amide bonds. The number of nitrogens with zero attached hydrogens (tertiary/aromatic N) is 1. The number of hydrogen-bond acceptors (Lipinski definition) is 6. The van der Waals surface area contributed by atoms with Gasteiger partial charge in [-0.05, 0) is 39.3 Å². The van der Waals surface area contributed by atoms with Crippen LogP contribution >= 0.6 is 23.2 Å². The Kier molecular flexibility index (Phi) is 8.75. The first kappa shape index (κ1) is 22.1.